The number of nitrogens with zero attached hydrogens (tertiary/aromatic N) is 2. The van der Waals surface area contributed by atoms with E-state index in [9.17, 15) is 58.6 Å². The highest BCUT2D eigenvalue weighted by Gasteiger charge is 2.33. The number of aliphatic carboxylic acids is 4. The number of benzene rings is 4. The number of phenolic OH excluding ortho intramolecular Hbond substituents is 2. The highest BCUT2D eigenvalue weighted by molar-refractivity contribution is 5.82. The Morgan fingerprint density at radius 2 is 1.05 bits per heavy atom. The number of carboxylic acids is 4. The molecule has 0 spiro atoms. The molecule has 55 heavy (non-hydrogen) atoms. The third kappa shape index (κ3) is 9.79. The van der Waals surface area contributed by atoms with Crippen molar-refractivity contribution in [1.29, 1.82) is 0 Å². The summed E-state index contributed by atoms with van der Waals surface area (Å²) in [5, 5.41) is 57.6. The number of carboxylic acid groups (broad SMARTS) is 4. The minimum Gasteiger partial charge on any atom is -0.505 e. The first-order chi connectivity index (χ1) is 26.2. The SMILES string of the molecule is O=C(O)CN(CC(=O)O)c1ccccc1OCCOCCOc1cc(C2c3cc(F)c(O)cc3Oc3cc(O)c(F)cc32)ccc1N(CC(=O)O)CC(=O)O. The second kappa shape index (κ2) is 17.3. The molecule has 0 amide bonds. The first-order valence-electron chi connectivity index (χ1n) is 16.4. The molecule has 0 radical (unpaired) electrons. The summed E-state index contributed by atoms with van der Waals surface area (Å²) in [6.45, 7) is -2.94. The standard InChI is InChI=1S/C37H34F2N2O14/c38-23-12-21-30(14-27(23)42)55-31-15-28(43)24(39)13-22(31)37(21)20-5-6-26(41(18-35(48)49)19-36(50)51)32(11-20)54-10-8-52-7-9-53-29-4-2-1-3-25(29)40(16-33(44)45)17-34(46)47/h1-6,11-15,37,42-43H,7-10,16-19H2,(H,44,45)(H,46,47)(H,48,49)(H,50,51). The van der Waals surface area contributed by atoms with E-state index in [2.05, 4.69) is 0 Å². The van der Waals surface area contributed by atoms with Crippen molar-refractivity contribution >= 4 is 35.3 Å². The lowest BCUT2D eigenvalue weighted by Gasteiger charge is -2.30. The largest absolute Gasteiger partial charge is 0.505 e. The van der Waals surface area contributed by atoms with Crippen molar-refractivity contribution in [3.8, 4) is 34.5 Å². The number of ether oxygens (including phenoxy) is 4. The maximum Gasteiger partial charge on any atom is 0.323 e. The van der Waals surface area contributed by atoms with E-state index >= 15 is 0 Å². The van der Waals surface area contributed by atoms with E-state index in [1.165, 1.54) is 30.3 Å². The fourth-order valence-electron chi connectivity index (χ4n) is 5.95. The quantitative estimate of drug-likeness (QED) is 0.0650. The summed E-state index contributed by atoms with van der Waals surface area (Å²) in [7, 11) is 0. The molecule has 0 saturated carbocycles. The van der Waals surface area contributed by atoms with E-state index in [1.807, 2.05) is 0 Å². The highest BCUT2D eigenvalue weighted by Crippen LogP contribution is 2.51. The van der Waals surface area contributed by atoms with Crippen LogP contribution in [0.1, 0.15) is 22.6 Å². The molecule has 290 valence electrons. The molecule has 0 atom stereocenters. The molecule has 18 heteroatoms. The molecule has 4 aromatic carbocycles. The maximum atomic E-state index is 14.7. The fourth-order valence-corrected chi connectivity index (χ4v) is 5.95. The van der Waals surface area contributed by atoms with Crippen LogP contribution >= 0.6 is 0 Å². The van der Waals surface area contributed by atoms with Crippen LogP contribution in [0, 0.1) is 11.6 Å². The van der Waals surface area contributed by atoms with Crippen molar-refractivity contribution in [2.45, 2.75) is 5.92 Å². The third-order valence-electron chi connectivity index (χ3n) is 8.14. The van der Waals surface area contributed by atoms with Crippen LogP contribution in [0.15, 0.2) is 66.7 Å². The molecule has 1 aliphatic rings. The first kappa shape index (κ1) is 39.4. The second-order valence-electron chi connectivity index (χ2n) is 12.0. The number of rotatable bonds is 19. The minimum atomic E-state index is -1.34. The summed E-state index contributed by atoms with van der Waals surface area (Å²) in [5.74, 6) is -9.39. The van der Waals surface area contributed by atoms with E-state index in [4.69, 9.17) is 18.9 Å². The molecule has 6 N–H and O–H groups in total. The van der Waals surface area contributed by atoms with Crippen LogP contribution < -0.4 is 24.0 Å². The van der Waals surface area contributed by atoms with Gasteiger partial charge >= 0.3 is 23.9 Å². The van der Waals surface area contributed by atoms with Gasteiger partial charge < -0.3 is 59.4 Å². The Labute approximate surface area is 310 Å². The predicted octanol–water partition coefficient (Wildman–Crippen LogP) is 4.09. The summed E-state index contributed by atoms with van der Waals surface area (Å²) in [6, 6.07) is 14.6. The van der Waals surface area contributed by atoms with Gasteiger partial charge in [-0.3, -0.25) is 19.2 Å². The third-order valence-corrected chi connectivity index (χ3v) is 8.14. The number of aromatic hydroxyl groups is 2. The highest BCUT2D eigenvalue weighted by atomic mass is 19.1. The van der Waals surface area contributed by atoms with Crippen LogP contribution in [0.5, 0.6) is 34.5 Å². The van der Waals surface area contributed by atoms with Crippen LogP contribution in [0.2, 0.25) is 0 Å². The zero-order valence-electron chi connectivity index (χ0n) is 28.7. The van der Waals surface area contributed by atoms with Gasteiger partial charge in [0.05, 0.1) is 24.6 Å². The van der Waals surface area contributed by atoms with Gasteiger partial charge in [-0.1, -0.05) is 18.2 Å². The maximum absolute atomic E-state index is 14.7. The number of hydrogen-bond donors (Lipinski definition) is 6. The molecule has 0 aromatic heterocycles. The molecule has 16 nitrogen and oxygen atoms in total. The van der Waals surface area contributed by atoms with Gasteiger partial charge in [0, 0.05) is 29.2 Å². The molecular weight excluding hydrogens is 734 g/mol. The molecule has 0 aliphatic carbocycles. The van der Waals surface area contributed by atoms with Gasteiger partial charge in [0.15, 0.2) is 23.1 Å². The molecule has 0 fully saturated rings. The van der Waals surface area contributed by atoms with Crippen LogP contribution in [0.4, 0.5) is 20.2 Å². The molecule has 0 saturated heterocycles. The van der Waals surface area contributed by atoms with Crippen LogP contribution in [0.25, 0.3) is 0 Å². The fraction of sp³-hybridized carbons (Fsp3) is 0.243. The second-order valence-corrected chi connectivity index (χ2v) is 12.0. The number of hydrogen-bond acceptors (Lipinski definition) is 12. The van der Waals surface area contributed by atoms with Crippen molar-refractivity contribution in [3.05, 3.63) is 95.1 Å². The molecule has 4 aromatic rings. The van der Waals surface area contributed by atoms with Gasteiger partial charge in [0.2, 0.25) is 0 Å². The normalized spacial score (nSPS) is 11.8. The zero-order valence-corrected chi connectivity index (χ0v) is 28.7. The van der Waals surface area contributed by atoms with Crippen molar-refractivity contribution in [2.24, 2.45) is 0 Å². The average molecular weight is 769 g/mol. The van der Waals surface area contributed by atoms with Crippen LogP contribution in [-0.2, 0) is 23.9 Å². The first-order valence-corrected chi connectivity index (χ1v) is 16.4. The number of carbonyl (C=O) groups is 4. The van der Waals surface area contributed by atoms with Gasteiger partial charge in [-0.05, 0) is 42.0 Å². The van der Waals surface area contributed by atoms with Gasteiger partial charge in [0.1, 0.15) is 62.4 Å². The number of anilines is 2. The smallest absolute Gasteiger partial charge is 0.323 e. The Hall–Kier alpha value is -6.82. The molecule has 1 heterocycles. The minimum absolute atomic E-state index is 0.00190. The van der Waals surface area contributed by atoms with Gasteiger partial charge in [0.25, 0.3) is 0 Å². The van der Waals surface area contributed by atoms with Crippen molar-refractivity contribution in [2.75, 3.05) is 62.4 Å². The summed E-state index contributed by atoms with van der Waals surface area (Å²) in [5.41, 5.74) is 0.960. The molecule has 5 rings (SSSR count). The monoisotopic (exact) mass is 768 g/mol. The van der Waals surface area contributed by atoms with Crippen molar-refractivity contribution in [1.82, 2.24) is 0 Å². The molecule has 1 aliphatic heterocycles. The Kier molecular flexibility index (Phi) is 12.4. The van der Waals surface area contributed by atoms with Crippen molar-refractivity contribution < 1.29 is 77.5 Å². The summed E-state index contributed by atoms with van der Waals surface area (Å²) < 4.78 is 52.5. The lowest BCUT2D eigenvalue weighted by Crippen LogP contribution is -2.35. The number of fused-ring (bicyclic) bond motifs is 2. The zero-order chi connectivity index (χ0) is 39.8. The van der Waals surface area contributed by atoms with E-state index in [-0.39, 0.29) is 71.9 Å². The molecular formula is C37H34F2N2O14. The molecule has 0 bridgehead atoms. The van der Waals surface area contributed by atoms with Crippen LogP contribution in [0.3, 0.4) is 0 Å². The van der Waals surface area contributed by atoms with E-state index < -0.39 is 79.1 Å². The Bertz CT molecular complexity index is 2010. The Morgan fingerprint density at radius 1 is 0.600 bits per heavy atom. The summed E-state index contributed by atoms with van der Waals surface area (Å²) >= 11 is 0. The lowest BCUT2D eigenvalue weighted by molar-refractivity contribution is -0.138. The average Bonchev–Trinajstić information content (AvgIpc) is 3.10. The predicted molar refractivity (Wildman–Crippen MR) is 187 cm³/mol. The summed E-state index contributed by atoms with van der Waals surface area (Å²) in [6.07, 6.45) is 0. The lowest BCUT2D eigenvalue weighted by atomic mass is 9.82. The van der Waals surface area contributed by atoms with Gasteiger partial charge in [-0.25, -0.2) is 8.78 Å². The van der Waals surface area contributed by atoms with Crippen LogP contribution in [-0.4, -0.2) is 107 Å². The van der Waals surface area contributed by atoms with E-state index in [1.54, 1.807) is 12.1 Å². The van der Waals surface area contributed by atoms with E-state index in [0.29, 0.717) is 5.56 Å². The summed E-state index contributed by atoms with van der Waals surface area (Å²) in [4.78, 5) is 48.2. The molecule has 0 unspecified atom stereocenters. The Morgan fingerprint density at radius 3 is 1.55 bits per heavy atom. The van der Waals surface area contributed by atoms with Gasteiger partial charge in [-0.2, -0.15) is 0 Å². The number of para-hydroxylation sites is 2. The Balaban J connectivity index is 1.37. The number of halogens is 2. The van der Waals surface area contributed by atoms with Crippen molar-refractivity contribution in [3.63, 3.8) is 0 Å². The van der Waals surface area contributed by atoms with Gasteiger partial charge in [-0.15, -0.1) is 0 Å². The topological polar surface area (TPSA) is 233 Å². The number of phenols is 2. The van der Waals surface area contributed by atoms with E-state index in [0.717, 1.165) is 34.1 Å².